The number of anilines is 1. The minimum atomic E-state index is -0.331. The number of thiazole rings is 1. The van der Waals surface area contributed by atoms with E-state index >= 15 is 0 Å². The molecule has 0 aliphatic carbocycles. The second-order valence-electron chi connectivity index (χ2n) is 3.70. The molecule has 5 heteroatoms. The molecule has 0 saturated heterocycles. The first kappa shape index (κ1) is 13.1. The summed E-state index contributed by atoms with van der Waals surface area (Å²) in [5, 5.41) is 2.46. The van der Waals surface area contributed by atoms with E-state index in [1.54, 1.807) is 0 Å². The van der Waals surface area contributed by atoms with Crippen LogP contribution in [0.25, 0.3) is 11.3 Å². The van der Waals surface area contributed by atoms with Gasteiger partial charge in [-0.05, 0) is 12.1 Å². The largest absolute Gasteiger partial charge is 0.468 e. The van der Waals surface area contributed by atoms with Crippen molar-refractivity contribution < 1.29 is 9.53 Å². The zero-order valence-corrected chi connectivity index (χ0v) is 11.2. The number of methoxy groups -OCH3 is 1. The first-order valence-corrected chi connectivity index (χ1v) is 6.44. The van der Waals surface area contributed by atoms with Crippen LogP contribution in [0.2, 0.25) is 0 Å². The number of carbonyl (C=O) groups excluding carboxylic acids is 1. The minimum absolute atomic E-state index is 0.0981. The highest BCUT2D eigenvalue weighted by Crippen LogP contribution is 2.23. The van der Waals surface area contributed by atoms with Gasteiger partial charge in [-0.3, -0.25) is 4.79 Å². The van der Waals surface area contributed by atoms with E-state index in [0.717, 1.165) is 16.8 Å². The van der Waals surface area contributed by atoms with E-state index in [9.17, 15) is 4.79 Å². The average Bonchev–Trinajstić information content (AvgIpc) is 2.86. The van der Waals surface area contributed by atoms with Crippen molar-refractivity contribution >= 4 is 22.4 Å². The van der Waals surface area contributed by atoms with Crippen molar-refractivity contribution in [2.45, 2.75) is 6.42 Å². The van der Waals surface area contributed by atoms with Gasteiger partial charge < -0.3 is 10.5 Å². The molecule has 2 rings (SSSR count). The molecule has 0 bridgehead atoms. The van der Waals surface area contributed by atoms with Crippen LogP contribution in [0.3, 0.4) is 0 Å². The Morgan fingerprint density at radius 2 is 2.16 bits per heavy atom. The van der Waals surface area contributed by atoms with Gasteiger partial charge in [0, 0.05) is 16.5 Å². The molecule has 1 aromatic heterocycles. The number of hydrogen-bond acceptors (Lipinski definition) is 5. The average molecular weight is 272 g/mol. The van der Waals surface area contributed by atoms with Crippen molar-refractivity contribution in [1.82, 2.24) is 4.98 Å². The molecule has 4 nitrogen and oxygen atoms in total. The first-order chi connectivity index (χ1) is 9.19. The van der Waals surface area contributed by atoms with Gasteiger partial charge in [0.15, 0.2) is 5.13 Å². The number of aromatic nitrogens is 1. The van der Waals surface area contributed by atoms with E-state index in [1.165, 1.54) is 18.4 Å². The van der Waals surface area contributed by atoms with Gasteiger partial charge >= 0.3 is 5.97 Å². The van der Waals surface area contributed by atoms with Gasteiger partial charge in [-0.15, -0.1) is 11.3 Å². The number of nitrogens with zero attached hydrogens (tertiary/aromatic N) is 1. The molecule has 0 radical (unpaired) electrons. The third-order valence-corrected chi connectivity index (χ3v) is 3.07. The van der Waals surface area contributed by atoms with Crippen LogP contribution in [-0.2, 0) is 9.53 Å². The van der Waals surface area contributed by atoms with E-state index in [2.05, 4.69) is 21.6 Å². The maximum Gasteiger partial charge on any atom is 0.317 e. The molecule has 0 amide bonds. The molecule has 0 fully saturated rings. The molecule has 0 atom stereocenters. The molecule has 1 heterocycles. The third kappa shape index (κ3) is 3.57. The van der Waals surface area contributed by atoms with Crippen molar-refractivity contribution in [3.63, 3.8) is 0 Å². The second kappa shape index (κ2) is 6.03. The van der Waals surface area contributed by atoms with Gasteiger partial charge in [0.1, 0.15) is 6.42 Å². The predicted molar refractivity (Wildman–Crippen MR) is 75.5 cm³/mol. The van der Waals surface area contributed by atoms with Crippen LogP contribution in [0.5, 0.6) is 0 Å². The molecule has 0 unspecified atom stereocenters. The molecular formula is C14H12N2O2S. The number of carbonyl (C=O) groups is 1. The Morgan fingerprint density at radius 1 is 1.42 bits per heavy atom. The van der Waals surface area contributed by atoms with Gasteiger partial charge in [0.2, 0.25) is 0 Å². The zero-order valence-electron chi connectivity index (χ0n) is 10.3. The Morgan fingerprint density at radius 3 is 2.74 bits per heavy atom. The second-order valence-corrected chi connectivity index (χ2v) is 4.59. The van der Waals surface area contributed by atoms with E-state index < -0.39 is 0 Å². The van der Waals surface area contributed by atoms with Crippen LogP contribution in [-0.4, -0.2) is 18.1 Å². The third-order valence-electron chi connectivity index (χ3n) is 2.40. The molecule has 0 spiro atoms. The maximum absolute atomic E-state index is 10.9. The quantitative estimate of drug-likeness (QED) is 0.673. The predicted octanol–water partition coefficient (Wildman–Crippen LogP) is 2.31. The minimum Gasteiger partial charge on any atom is -0.468 e. The topological polar surface area (TPSA) is 65.2 Å². The summed E-state index contributed by atoms with van der Waals surface area (Å²) in [5.74, 6) is 5.33. The lowest BCUT2D eigenvalue weighted by molar-refractivity contribution is -0.139. The number of ether oxygens (including phenoxy) is 1. The normalized spacial score (nSPS) is 9.53. The summed E-state index contributed by atoms with van der Waals surface area (Å²) in [7, 11) is 1.35. The lowest BCUT2D eigenvalue weighted by Gasteiger charge is -1.96. The Bertz CT molecular complexity index is 635. The van der Waals surface area contributed by atoms with Crippen molar-refractivity contribution in [2.75, 3.05) is 12.8 Å². The number of nitrogen functional groups attached to an aromatic ring is 1. The Labute approximate surface area is 115 Å². The fraction of sp³-hybridized carbons (Fsp3) is 0.143. The highest BCUT2D eigenvalue weighted by atomic mass is 32.1. The summed E-state index contributed by atoms with van der Waals surface area (Å²) >= 11 is 1.41. The van der Waals surface area contributed by atoms with Crippen LogP contribution >= 0.6 is 11.3 Å². The van der Waals surface area contributed by atoms with Crippen molar-refractivity contribution in [3.05, 3.63) is 35.2 Å². The van der Waals surface area contributed by atoms with E-state index in [0.29, 0.717) is 5.13 Å². The molecule has 19 heavy (non-hydrogen) atoms. The number of rotatable bonds is 2. The monoisotopic (exact) mass is 272 g/mol. The highest BCUT2D eigenvalue weighted by molar-refractivity contribution is 7.13. The molecular weight excluding hydrogens is 260 g/mol. The molecule has 0 saturated carbocycles. The van der Waals surface area contributed by atoms with Crippen LogP contribution in [0.15, 0.2) is 29.6 Å². The van der Waals surface area contributed by atoms with E-state index in [1.807, 2.05) is 29.6 Å². The lowest BCUT2D eigenvalue weighted by atomic mass is 10.1. The van der Waals surface area contributed by atoms with Crippen molar-refractivity contribution in [1.29, 1.82) is 0 Å². The standard InChI is InChI=1S/C14H12N2O2S/c1-18-13(17)4-2-3-10-5-7-11(8-6-10)12-9-19-14(15)16-12/h5-9H,4H2,1H3,(H2,15,16). The molecule has 0 aliphatic heterocycles. The first-order valence-electron chi connectivity index (χ1n) is 5.56. The molecule has 96 valence electrons. The number of esters is 1. The fourth-order valence-electron chi connectivity index (χ4n) is 1.44. The summed E-state index contributed by atoms with van der Waals surface area (Å²) in [6.07, 6.45) is 0.0981. The number of benzene rings is 1. The van der Waals surface area contributed by atoms with Gasteiger partial charge in [0.25, 0.3) is 0 Å². The Kier molecular flexibility index (Phi) is 4.16. The van der Waals surface area contributed by atoms with Gasteiger partial charge in [-0.1, -0.05) is 24.0 Å². The highest BCUT2D eigenvalue weighted by Gasteiger charge is 2.01. The summed E-state index contributed by atoms with van der Waals surface area (Å²) in [6, 6.07) is 7.62. The number of nitrogens with two attached hydrogens (primary N) is 1. The molecule has 2 N–H and O–H groups in total. The SMILES string of the molecule is COC(=O)CC#Cc1ccc(-c2csc(N)n2)cc1. The molecule has 2 aromatic rings. The maximum atomic E-state index is 10.9. The van der Waals surface area contributed by atoms with E-state index in [4.69, 9.17) is 5.73 Å². The zero-order chi connectivity index (χ0) is 13.7. The van der Waals surface area contributed by atoms with Crippen LogP contribution < -0.4 is 5.73 Å². The summed E-state index contributed by atoms with van der Waals surface area (Å²) < 4.78 is 4.51. The van der Waals surface area contributed by atoms with E-state index in [-0.39, 0.29) is 12.4 Å². The summed E-state index contributed by atoms with van der Waals surface area (Å²) in [5.41, 5.74) is 8.29. The van der Waals surface area contributed by atoms with Crippen LogP contribution in [0.4, 0.5) is 5.13 Å². The summed E-state index contributed by atoms with van der Waals surface area (Å²) in [4.78, 5) is 15.1. The van der Waals surface area contributed by atoms with Gasteiger partial charge in [-0.2, -0.15) is 0 Å². The van der Waals surface area contributed by atoms with Crippen LogP contribution in [0.1, 0.15) is 12.0 Å². The lowest BCUT2D eigenvalue weighted by Crippen LogP contribution is -1.96. The van der Waals surface area contributed by atoms with Crippen molar-refractivity contribution in [3.8, 4) is 23.1 Å². The van der Waals surface area contributed by atoms with Crippen molar-refractivity contribution in [2.24, 2.45) is 0 Å². The Hall–Kier alpha value is -2.32. The van der Waals surface area contributed by atoms with Gasteiger partial charge in [0.05, 0.1) is 12.8 Å². The smallest absolute Gasteiger partial charge is 0.317 e. The Balaban J connectivity index is 2.08. The molecule has 1 aromatic carbocycles. The number of hydrogen-bond donors (Lipinski definition) is 1. The van der Waals surface area contributed by atoms with Crippen LogP contribution in [0, 0.1) is 11.8 Å². The van der Waals surface area contributed by atoms with Gasteiger partial charge in [-0.25, -0.2) is 4.98 Å². The summed E-state index contributed by atoms with van der Waals surface area (Å²) in [6.45, 7) is 0. The molecule has 0 aliphatic rings. The fourth-order valence-corrected chi connectivity index (χ4v) is 2.01.